The van der Waals surface area contributed by atoms with Crippen molar-refractivity contribution in [1.82, 2.24) is 4.31 Å². The third-order valence-corrected chi connectivity index (χ3v) is 4.92. The highest BCUT2D eigenvalue weighted by Gasteiger charge is 2.24. The number of nitriles is 1. The summed E-state index contributed by atoms with van der Waals surface area (Å²) >= 11 is 0. The van der Waals surface area contributed by atoms with Crippen LogP contribution < -0.4 is 0 Å². The zero-order chi connectivity index (χ0) is 16.0. The maximum atomic E-state index is 12.6. The molecule has 1 atom stereocenters. The van der Waals surface area contributed by atoms with E-state index in [-0.39, 0.29) is 23.8 Å². The van der Waals surface area contributed by atoms with Crippen molar-refractivity contribution >= 4 is 10.0 Å². The highest BCUT2D eigenvalue weighted by Crippen LogP contribution is 2.20. The fourth-order valence-electron chi connectivity index (χ4n) is 1.96. The number of hydrogen-bond acceptors (Lipinski definition) is 4. The Morgan fingerprint density at radius 1 is 1.24 bits per heavy atom. The van der Waals surface area contributed by atoms with Crippen LogP contribution in [-0.4, -0.2) is 30.9 Å². The Morgan fingerprint density at radius 3 is 2.24 bits per heavy atom. The van der Waals surface area contributed by atoms with Crippen LogP contribution in [0, 0.1) is 17.2 Å². The molecule has 0 fully saturated rings. The van der Waals surface area contributed by atoms with Crippen molar-refractivity contribution in [2.24, 2.45) is 5.92 Å². The van der Waals surface area contributed by atoms with Gasteiger partial charge < -0.3 is 5.11 Å². The van der Waals surface area contributed by atoms with Crippen molar-refractivity contribution in [3.8, 4) is 6.07 Å². The van der Waals surface area contributed by atoms with Crippen LogP contribution in [0.3, 0.4) is 0 Å². The molecule has 21 heavy (non-hydrogen) atoms. The van der Waals surface area contributed by atoms with Crippen LogP contribution in [0.2, 0.25) is 0 Å². The summed E-state index contributed by atoms with van der Waals surface area (Å²) in [5, 5.41) is 18.1. The minimum Gasteiger partial charge on any atom is -0.389 e. The average molecular weight is 310 g/mol. The number of hydrogen-bond donors (Lipinski definition) is 1. The molecule has 1 aromatic carbocycles. The predicted molar refractivity (Wildman–Crippen MR) is 80.9 cm³/mol. The van der Waals surface area contributed by atoms with E-state index in [2.05, 4.69) is 0 Å². The van der Waals surface area contributed by atoms with Gasteiger partial charge >= 0.3 is 0 Å². The first-order valence-corrected chi connectivity index (χ1v) is 8.38. The van der Waals surface area contributed by atoms with E-state index in [4.69, 9.17) is 5.26 Å². The normalized spacial score (nSPS) is 13.4. The minimum absolute atomic E-state index is 0.164. The Labute approximate surface area is 126 Å². The molecule has 0 radical (unpaired) electrons. The molecule has 0 saturated carbocycles. The highest BCUT2D eigenvalue weighted by molar-refractivity contribution is 7.89. The molecule has 1 N–H and O–H groups in total. The smallest absolute Gasteiger partial charge is 0.243 e. The largest absolute Gasteiger partial charge is 0.389 e. The number of benzene rings is 1. The van der Waals surface area contributed by atoms with Gasteiger partial charge in [-0.3, -0.25) is 0 Å². The lowest BCUT2D eigenvalue weighted by molar-refractivity contribution is 0.199. The summed E-state index contributed by atoms with van der Waals surface area (Å²) in [6.07, 6.45) is -0.468. The summed E-state index contributed by atoms with van der Waals surface area (Å²) in [5.74, 6) is 0.176. The zero-order valence-electron chi connectivity index (χ0n) is 12.7. The zero-order valence-corrected chi connectivity index (χ0v) is 13.5. The van der Waals surface area contributed by atoms with Gasteiger partial charge in [-0.2, -0.15) is 9.57 Å². The Bertz CT molecular complexity index is 586. The topological polar surface area (TPSA) is 81.4 Å². The second-order valence-corrected chi connectivity index (χ2v) is 7.35. The molecule has 0 spiro atoms. The van der Waals surface area contributed by atoms with Crippen LogP contribution in [0.25, 0.3) is 0 Å². The fourth-order valence-corrected chi connectivity index (χ4v) is 3.56. The monoisotopic (exact) mass is 310 g/mol. The van der Waals surface area contributed by atoms with Gasteiger partial charge in [-0.15, -0.1) is 0 Å². The molecule has 5 nitrogen and oxygen atoms in total. The van der Waals surface area contributed by atoms with Crippen molar-refractivity contribution in [2.75, 3.05) is 13.1 Å². The van der Waals surface area contributed by atoms with Gasteiger partial charge in [0.05, 0.1) is 17.1 Å². The molecule has 0 aliphatic carbocycles. The highest BCUT2D eigenvalue weighted by atomic mass is 32.2. The van der Waals surface area contributed by atoms with Gasteiger partial charge in [0.15, 0.2) is 0 Å². The van der Waals surface area contributed by atoms with Crippen LogP contribution in [0.15, 0.2) is 29.2 Å². The van der Waals surface area contributed by atoms with Crippen LogP contribution in [-0.2, 0) is 10.0 Å². The van der Waals surface area contributed by atoms with E-state index in [0.29, 0.717) is 12.1 Å². The Kier molecular flexibility index (Phi) is 6.34. The van der Waals surface area contributed by atoms with E-state index in [1.165, 1.54) is 16.4 Å². The van der Waals surface area contributed by atoms with Crippen LogP contribution in [0.4, 0.5) is 0 Å². The Morgan fingerprint density at radius 2 is 1.81 bits per heavy atom. The number of sulfonamides is 1. The second kappa shape index (κ2) is 7.55. The molecule has 1 rings (SSSR count). The first-order valence-electron chi connectivity index (χ1n) is 6.94. The third kappa shape index (κ3) is 4.81. The third-order valence-electron chi connectivity index (χ3n) is 3.04. The van der Waals surface area contributed by atoms with E-state index < -0.39 is 16.1 Å². The molecule has 0 aliphatic heterocycles. The van der Waals surface area contributed by atoms with E-state index in [0.717, 1.165) is 0 Å². The van der Waals surface area contributed by atoms with Crippen molar-refractivity contribution in [3.05, 3.63) is 29.8 Å². The molecule has 6 heteroatoms. The lowest BCUT2D eigenvalue weighted by Gasteiger charge is -2.23. The molecular weight excluding hydrogens is 288 g/mol. The quantitative estimate of drug-likeness (QED) is 0.838. The molecule has 0 saturated heterocycles. The van der Waals surface area contributed by atoms with Gasteiger partial charge in [0.25, 0.3) is 0 Å². The number of aliphatic hydroxyl groups excluding tert-OH is 1. The summed E-state index contributed by atoms with van der Waals surface area (Å²) in [4.78, 5) is 0.186. The molecule has 0 aliphatic rings. The number of rotatable bonds is 7. The molecule has 1 aromatic rings. The van der Waals surface area contributed by atoms with Crippen molar-refractivity contribution in [2.45, 2.75) is 38.2 Å². The predicted octanol–water partition coefficient (Wildman–Crippen LogP) is 2.30. The van der Waals surface area contributed by atoms with Crippen LogP contribution in [0.5, 0.6) is 0 Å². The van der Waals surface area contributed by atoms with Gasteiger partial charge in [0.1, 0.15) is 0 Å². The molecule has 0 amide bonds. The molecule has 0 heterocycles. The van der Waals surface area contributed by atoms with Crippen LogP contribution >= 0.6 is 0 Å². The lowest BCUT2D eigenvalue weighted by atomic mass is 10.1. The first kappa shape index (κ1) is 17.6. The SMILES string of the molecule is CC(C)CN(CCC#N)S(=O)(=O)c1ccc(C(C)O)cc1. The fraction of sp³-hybridized carbons (Fsp3) is 0.533. The second-order valence-electron chi connectivity index (χ2n) is 5.41. The summed E-state index contributed by atoms with van der Waals surface area (Å²) in [6, 6.07) is 8.19. The maximum absolute atomic E-state index is 12.6. The molecule has 116 valence electrons. The van der Waals surface area contributed by atoms with Gasteiger partial charge in [-0.05, 0) is 30.5 Å². The van der Waals surface area contributed by atoms with Crippen molar-refractivity contribution in [3.63, 3.8) is 0 Å². The number of aliphatic hydroxyl groups is 1. The Hall–Kier alpha value is -1.42. The number of nitrogens with zero attached hydrogens (tertiary/aromatic N) is 2. The lowest BCUT2D eigenvalue weighted by Crippen LogP contribution is -2.35. The summed E-state index contributed by atoms with van der Waals surface area (Å²) in [7, 11) is -3.61. The molecular formula is C15H22N2O3S. The van der Waals surface area contributed by atoms with Crippen molar-refractivity contribution < 1.29 is 13.5 Å². The summed E-state index contributed by atoms with van der Waals surface area (Å²) in [5.41, 5.74) is 0.668. The standard InChI is InChI=1S/C15H22N2O3S/c1-12(2)11-17(10-4-9-16)21(19,20)15-7-5-14(6-8-15)13(3)18/h5-8,12-13,18H,4,10-11H2,1-3H3. The van der Waals surface area contributed by atoms with Crippen molar-refractivity contribution in [1.29, 1.82) is 5.26 Å². The maximum Gasteiger partial charge on any atom is 0.243 e. The average Bonchev–Trinajstić information content (AvgIpc) is 2.43. The van der Waals surface area contributed by atoms with Crippen LogP contribution in [0.1, 0.15) is 38.9 Å². The van der Waals surface area contributed by atoms with E-state index in [1.54, 1.807) is 19.1 Å². The molecule has 0 aromatic heterocycles. The van der Waals surface area contributed by atoms with E-state index in [9.17, 15) is 13.5 Å². The van der Waals surface area contributed by atoms with Gasteiger partial charge in [0.2, 0.25) is 10.0 Å². The van der Waals surface area contributed by atoms with E-state index >= 15 is 0 Å². The first-order chi connectivity index (χ1) is 9.78. The van der Waals surface area contributed by atoms with E-state index in [1.807, 2.05) is 19.9 Å². The van der Waals surface area contributed by atoms with Gasteiger partial charge in [-0.1, -0.05) is 26.0 Å². The minimum atomic E-state index is -3.61. The Balaban J connectivity index is 3.06. The summed E-state index contributed by atoms with van der Waals surface area (Å²) < 4.78 is 26.6. The van der Waals surface area contributed by atoms with Gasteiger partial charge in [-0.25, -0.2) is 8.42 Å². The summed E-state index contributed by atoms with van der Waals surface area (Å²) in [6.45, 7) is 6.07. The molecule has 1 unspecified atom stereocenters. The van der Waals surface area contributed by atoms with Gasteiger partial charge in [0, 0.05) is 19.5 Å². The molecule has 0 bridgehead atoms.